The highest BCUT2D eigenvalue weighted by Crippen LogP contribution is 2.10. The fraction of sp³-hybridized carbons (Fsp3) is 0.250. The zero-order valence-electron chi connectivity index (χ0n) is 10.4. The van der Waals surface area contributed by atoms with Crippen LogP contribution in [0.5, 0.6) is 0 Å². The Morgan fingerprint density at radius 1 is 0.882 bits per heavy atom. The van der Waals surface area contributed by atoms with E-state index in [0.29, 0.717) is 0 Å². The molecule has 0 N–H and O–H groups in total. The van der Waals surface area contributed by atoms with Crippen LogP contribution in [0.4, 0.5) is 0 Å². The van der Waals surface area contributed by atoms with Crippen molar-refractivity contribution in [1.82, 2.24) is 4.90 Å². The minimum atomic E-state index is 1.14. The molecule has 1 aliphatic heterocycles. The molecular formula is C16H21N. The first-order valence-electron chi connectivity index (χ1n) is 6.02. The molecule has 1 heteroatoms. The molecule has 0 bridgehead atoms. The molecule has 0 radical (unpaired) electrons. The fourth-order valence-corrected chi connectivity index (χ4v) is 1.81. The maximum Gasteiger partial charge on any atom is 0.0172 e. The molecule has 0 unspecified atom stereocenters. The maximum atomic E-state index is 3.69. The second kappa shape index (κ2) is 7.50. The van der Waals surface area contributed by atoms with Gasteiger partial charge in [-0.1, -0.05) is 56.2 Å². The summed E-state index contributed by atoms with van der Waals surface area (Å²) < 4.78 is 0. The standard InChI is InChI=1S/C10H10.C6H11N/c1-3-9-7-5-6-8-10(9)4-2;1-2-7-5-3-4-6-7/h3-8H,1-2H2;2H,1,3-6H2. The van der Waals surface area contributed by atoms with E-state index in [1.54, 1.807) is 0 Å². The van der Waals surface area contributed by atoms with Crippen LogP contribution in [-0.4, -0.2) is 18.0 Å². The Morgan fingerprint density at radius 2 is 1.35 bits per heavy atom. The summed E-state index contributed by atoms with van der Waals surface area (Å²) in [7, 11) is 0. The second-order valence-corrected chi connectivity index (χ2v) is 3.96. The van der Waals surface area contributed by atoms with Crippen molar-refractivity contribution in [2.75, 3.05) is 13.1 Å². The number of nitrogens with zero attached hydrogens (tertiary/aromatic N) is 1. The molecule has 0 atom stereocenters. The van der Waals surface area contributed by atoms with E-state index >= 15 is 0 Å². The van der Waals surface area contributed by atoms with Crippen molar-refractivity contribution >= 4 is 12.2 Å². The van der Waals surface area contributed by atoms with Gasteiger partial charge in [0, 0.05) is 13.1 Å². The Hall–Kier alpha value is -1.76. The monoisotopic (exact) mass is 227 g/mol. The zero-order valence-corrected chi connectivity index (χ0v) is 10.4. The highest BCUT2D eigenvalue weighted by molar-refractivity contribution is 5.63. The first-order valence-corrected chi connectivity index (χ1v) is 6.02. The molecule has 0 aromatic heterocycles. The first-order chi connectivity index (χ1) is 8.31. The highest BCUT2D eigenvalue weighted by Gasteiger charge is 2.04. The third-order valence-electron chi connectivity index (χ3n) is 2.83. The van der Waals surface area contributed by atoms with Crippen LogP contribution in [0.25, 0.3) is 12.2 Å². The Balaban J connectivity index is 0.000000181. The molecule has 1 nitrogen and oxygen atoms in total. The number of likely N-dealkylation sites (tertiary alicyclic amines) is 1. The summed E-state index contributed by atoms with van der Waals surface area (Å²) in [4.78, 5) is 2.25. The molecule has 90 valence electrons. The lowest BCUT2D eigenvalue weighted by atomic mass is 10.1. The van der Waals surface area contributed by atoms with E-state index in [2.05, 4.69) is 24.6 Å². The molecule has 1 fully saturated rings. The van der Waals surface area contributed by atoms with Crippen molar-refractivity contribution in [3.63, 3.8) is 0 Å². The molecule has 2 rings (SSSR count). The normalized spacial score (nSPS) is 13.5. The largest absolute Gasteiger partial charge is 0.378 e. The van der Waals surface area contributed by atoms with Crippen LogP contribution in [0.15, 0.2) is 50.2 Å². The third-order valence-corrected chi connectivity index (χ3v) is 2.83. The van der Waals surface area contributed by atoms with Gasteiger partial charge in [0.05, 0.1) is 0 Å². The average molecular weight is 227 g/mol. The van der Waals surface area contributed by atoms with E-state index in [9.17, 15) is 0 Å². The molecule has 0 aliphatic carbocycles. The average Bonchev–Trinajstić information content (AvgIpc) is 2.92. The summed E-state index contributed by atoms with van der Waals surface area (Å²) in [6, 6.07) is 8.02. The summed E-state index contributed by atoms with van der Waals surface area (Å²) in [5.74, 6) is 0. The van der Waals surface area contributed by atoms with Gasteiger partial charge in [-0.15, -0.1) is 0 Å². The molecule has 0 saturated carbocycles. The van der Waals surface area contributed by atoms with Crippen molar-refractivity contribution in [2.24, 2.45) is 0 Å². The molecule has 1 aromatic carbocycles. The van der Waals surface area contributed by atoms with Crippen molar-refractivity contribution in [3.05, 3.63) is 61.3 Å². The van der Waals surface area contributed by atoms with Gasteiger partial charge in [-0.2, -0.15) is 0 Å². The fourth-order valence-electron chi connectivity index (χ4n) is 1.81. The summed E-state index contributed by atoms with van der Waals surface area (Å²) >= 11 is 0. The predicted molar refractivity (Wildman–Crippen MR) is 77.6 cm³/mol. The SMILES string of the molecule is C=CN1CCCC1.C=Cc1ccccc1C=C. The van der Waals surface area contributed by atoms with Crippen molar-refractivity contribution in [2.45, 2.75) is 12.8 Å². The van der Waals surface area contributed by atoms with Gasteiger partial charge in [-0.05, 0) is 30.2 Å². The van der Waals surface area contributed by atoms with Crippen LogP contribution in [0.3, 0.4) is 0 Å². The molecule has 1 heterocycles. The van der Waals surface area contributed by atoms with E-state index in [4.69, 9.17) is 0 Å². The van der Waals surface area contributed by atoms with Gasteiger partial charge < -0.3 is 4.90 Å². The topological polar surface area (TPSA) is 3.24 Å². The second-order valence-electron chi connectivity index (χ2n) is 3.96. The number of hydrogen-bond donors (Lipinski definition) is 0. The Bertz CT molecular complexity index is 346. The van der Waals surface area contributed by atoms with Crippen LogP contribution in [-0.2, 0) is 0 Å². The predicted octanol–water partition coefficient (Wildman–Crippen LogP) is 4.20. The molecule has 0 amide bonds. The smallest absolute Gasteiger partial charge is 0.0172 e. The highest BCUT2D eigenvalue weighted by atomic mass is 15.1. The van der Waals surface area contributed by atoms with E-state index in [1.807, 2.05) is 42.6 Å². The lowest BCUT2D eigenvalue weighted by Crippen LogP contribution is -2.08. The van der Waals surface area contributed by atoms with Gasteiger partial charge in [0.25, 0.3) is 0 Å². The molecule has 1 aromatic rings. The van der Waals surface area contributed by atoms with Crippen molar-refractivity contribution in [1.29, 1.82) is 0 Å². The summed E-state index contributed by atoms with van der Waals surface area (Å²) in [6.07, 6.45) is 8.29. The van der Waals surface area contributed by atoms with E-state index in [1.165, 1.54) is 25.9 Å². The van der Waals surface area contributed by atoms with Gasteiger partial charge in [0.2, 0.25) is 0 Å². The summed E-state index contributed by atoms with van der Waals surface area (Å²) in [5.41, 5.74) is 2.27. The number of rotatable bonds is 3. The van der Waals surface area contributed by atoms with Gasteiger partial charge in [-0.25, -0.2) is 0 Å². The third kappa shape index (κ3) is 4.31. The summed E-state index contributed by atoms with van der Waals surface area (Å²) in [6.45, 7) is 13.5. The number of benzene rings is 1. The minimum Gasteiger partial charge on any atom is -0.378 e. The van der Waals surface area contributed by atoms with E-state index in [0.717, 1.165) is 11.1 Å². The van der Waals surface area contributed by atoms with Crippen LogP contribution < -0.4 is 0 Å². The Morgan fingerprint density at radius 3 is 1.65 bits per heavy atom. The molecular weight excluding hydrogens is 206 g/mol. The lowest BCUT2D eigenvalue weighted by Gasteiger charge is -2.07. The Labute approximate surface area is 105 Å². The summed E-state index contributed by atoms with van der Waals surface area (Å²) in [5, 5.41) is 0. The Kier molecular flexibility index (Phi) is 5.87. The maximum absolute atomic E-state index is 3.69. The van der Waals surface area contributed by atoms with Crippen molar-refractivity contribution in [3.8, 4) is 0 Å². The van der Waals surface area contributed by atoms with Crippen LogP contribution in [0, 0.1) is 0 Å². The van der Waals surface area contributed by atoms with Crippen molar-refractivity contribution < 1.29 is 0 Å². The van der Waals surface area contributed by atoms with Crippen LogP contribution >= 0.6 is 0 Å². The quantitative estimate of drug-likeness (QED) is 0.748. The minimum absolute atomic E-state index is 1.14. The van der Waals surface area contributed by atoms with Gasteiger partial charge in [-0.3, -0.25) is 0 Å². The lowest BCUT2D eigenvalue weighted by molar-refractivity contribution is 0.469. The van der Waals surface area contributed by atoms with E-state index in [-0.39, 0.29) is 0 Å². The zero-order chi connectivity index (χ0) is 12.5. The van der Waals surface area contributed by atoms with E-state index < -0.39 is 0 Å². The number of hydrogen-bond acceptors (Lipinski definition) is 1. The van der Waals surface area contributed by atoms with Gasteiger partial charge >= 0.3 is 0 Å². The molecule has 1 aliphatic rings. The molecule has 17 heavy (non-hydrogen) atoms. The van der Waals surface area contributed by atoms with Crippen LogP contribution in [0.2, 0.25) is 0 Å². The first kappa shape index (κ1) is 13.3. The van der Waals surface area contributed by atoms with Gasteiger partial charge in [0.1, 0.15) is 0 Å². The van der Waals surface area contributed by atoms with Crippen LogP contribution in [0.1, 0.15) is 24.0 Å². The molecule has 1 saturated heterocycles. The van der Waals surface area contributed by atoms with Gasteiger partial charge in [0.15, 0.2) is 0 Å². The molecule has 0 spiro atoms.